The predicted octanol–water partition coefficient (Wildman–Crippen LogP) is 3.22. The minimum Gasteiger partial charge on any atom is -0.342 e. The van der Waals surface area contributed by atoms with Crippen LogP contribution in [0.1, 0.15) is 39.5 Å². The summed E-state index contributed by atoms with van der Waals surface area (Å²) >= 11 is 12.1. The van der Waals surface area contributed by atoms with Crippen molar-refractivity contribution >= 4 is 29.1 Å². The van der Waals surface area contributed by atoms with Gasteiger partial charge < -0.3 is 4.90 Å². The molecule has 4 heteroatoms. The Morgan fingerprint density at radius 3 is 2.62 bits per heavy atom. The van der Waals surface area contributed by atoms with Gasteiger partial charge in [0.1, 0.15) is 4.33 Å². The highest BCUT2D eigenvalue weighted by Gasteiger charge is 2.68. The molecule has 2 atom stereocenters. The lowest BCUT2D eigenvalue weighted by atomic mass is 9.94. The quantitative estimate of drug-likeness (QED) is 0.701. The molecule has 92 valence electrons. The third-order valence-corrected chi connectivity index (χ3v) is 5.21. The first-order valence-corrected chi connectivity index (χ1v) is 6.83. The summed E-state index contributed by atoms with van der Waals surface area (Å²) in [6.45, 7) is 5.82. The molecule has 0 spiro atoms. The van der Waals surface area contributed by atoms with Gasteiger partial charge in [-0.2, -0.15) is 0 Å². The van der Waals surface area contributed by atoms with Crippen LogP contribution in [-0.4, -0.2) is 28.2 Å². The molecule has 1 heterocycles. The fraction of sp³-hybridized carbons (Fsp3) is 0.917. The molecule has 0 bridgehead atoms. The summed E-state index contributed by atoms with van der Waals surface area (Å²) < 4.78 is -0.830. The Hall–Kier alpha value is 0.0500. The zero-order valence-electron chi connectivity index (χ0n) is 9.93. The molecule has 1 amide bonds. The largest absolute Gasteiger partial charge is 0.342 e. The van der Waals surface area contributed by atoms with Gasteiger partial charge in [-0.05, 0) is 32.1 Å². The van der Waals surface area contributed by atoms with E-state index >= 15 is 0 Å². The van der Waals surface area contributed by atoms with Gasteiger partial charge in [0.05, 0.1) is 5.41 Å². The molecule has 1 aliphatic heterocycles. The topological polar surface area (TPSA) is 20.3 Å². The molecule has 0 aromatic rings. The van der Waals surface area contributed by atoms with Crippen LogP contribution in [0.15, 0.2) is 0 Å². The number of halogens is 2. The van der Waals surface area contributed by atoms with Crippen LogP contribution >= 0.6 is 23.2 Å². The van der Waals surface area contributed by atoms with Crippen molar-refractivity contribution in [2.24, 2.45) is 11.3 Å². The first-order valence-electron chi connectivity index (χ1n) is 6.08. The molecule has 1 aliphatic carbocycles. The predicted molar refractivity (Wildman–Crippen MR) is 66.8 cm³/mol. The lowest BCUT2D eigenvalue weighted by molar-refractivity contribution is -0.138. The van der Waals surface area contributed by atoms with E-state index < -0.39 is 9.75 Å². The zero-order valence-corrected chi connectivity index (χ0v) is 11.4. The summed E-state index contributed by atoms with van der Waals surface area (Å²) in [6.07, 6.45) is 4.09. The third-order valence-electron chi connectivity index (χ3n) is 4.11. The maximum Gasteiger partial charge on any atom is 0.231 e. The van der Waals surface area contributed by atoms with E-state index in [0.717, 1.165) is 25.9 Å². The molecular formula is C12H19Cl2NO. The van der Waals surface area contributed by atoms with E-state index in [1.807, 2.05) is 11.8 Å². The van der Waals surface area contributed by atoms with Crippen molar-refractivity contribution in [1.82, 2.24) is 4.90 Å². The first kappa shape index (κ1) is 12.5. The third kappa shape index (κ3) is 1.95. The Bertz CT molecular complexity index is 305. The highest BCUT2D eigenvalue weighted by Crippen LogP contribution is 2.64. The van der Waals surface area contributed by atoms with Crippen LogP contribution in [0.25, 0.3) is 0 Å². The number of amides is 1. The van der Waals surface area contributed by atoms with Crippen molar-refractivity contribution in [3.8, 4) is 0 Å². The Kier molecular flexibility index (Phi) is 3.17. The number of alkyl halides is 2. The van der Waals surface area contributed by atoms with Crippen LogP contribution in [0, 0.1) is 11.3 Å². The number of piperidine rings is 1. The molecule has 0 aromatic heterocycles. The minimum atomic E-state index is -0.830. The number of carbonyl (C=O) groups excluding carboxylic acids is 1. The average Bonchev–Trinajstić information content (AvgIpc) is 2.78. The lowest BCUT2D eigenvalue weighted by Crippen LogP contribution is -2.44. The summed E-state index contributed by atoms with van der Waals surface area (Å²) in [5.41, 5.74) is -0.536. The van der Waals surface area contributed by atoms with Gasteiger partial charge in [-0.15, -0.1) is 23.2 Å². The van der Waals surface area contributed by atoms with Crippen LogP contribution in [-0.2, 0) is 4.79 Å². The van der Waals surface area contributed by atoms with E-state index in [-0.39, 0.29) is 5.91 Å². The molecule has 0 radical (unpaired) electrons. The van der Waals surface area contributed by atoms with Gasteiger partial charge >= 0.3 is 0 Å². The highest BCUT2D eigenvalue weighted by molar-refractivity contribution is 6.53. The maximum absolute atomic E-state index is 12.3. The number of likely N-dealkylation sites (tertiary alicyclic amines) is 1. The molecule has 2 aliphatic rings. The van der Waals surface area contributed by atoms with Gasteiger partial charge in [-0.1, -0.05) is 13.3 Å². The van der Waals surface area contributed by atoms with Crippen molar-refractivity contribution in [3.63, 3.8) is 0 Å². The van der Waals surface area contributed by atoms with E-state index in [2.05, 4.69) is 6.92 Å². The van der Waals surface area contributed by atoms with Gasteiger partial charge in [0, 0.05) is 13.1 Å². The average molecular weight is 264 g/mol. The van der Waals surface area contributed by atoms with Gasteiger partial charge in [0.2, 0.25) is 5.91 Å². The monoisotopic (exact) mass is 263 g/mol. The number of hydrogen-bond acceptors (Lipinski definition) is 1. The van der Waals surface area contributed by atoms with Crippen LogP contribution in [0.5, 0.6) is 0 Å². The van der Waals surface area contributed by atoms with Crippen LogP contribution in [0.3, 0.4) is 0 Å². The van der Waals surface area contributed by atoms with E-state index in [0.29, 0.717) is 12.3 Å². The molecule has 2 fully saturated rings. The number of hydrogen-bond donors (Lipinski definition) is 0. The van der Waals surface area contributed by atoms with Gasteiger partial charge in [0.15, 0.2) is 0 Å². The van der Waals surface area contributed by atoms with Crippen molar-refractivity contribution in [2.45, 2.75) is 43.9 Å². The molecule has 16 heavy (non-hydrogen) atoms. The smallest absolute Gasteiger partial charge is 0.231 e. The van der Waals surface area contributed by atoms with Gasteiger partial charge in [-0.25, -0.2) is 0 Å². The molecule has 2 nitrogen and oxygen atoms in total. The van der Waals surface area contributed by atoms with Crippen LogP contribution in [0.4, 0.5) is 0 Å². The van der Waals surface area contributed by atoms with Crippen molar-refractivity contribution in [2.75, 3.05) is 13.1 Å². The van der Waals surface area contributed by atoms with Crippen LogP contribution in [0.2, 0.25) is 0 Å². The lowest BCUT2D eigenvalue weighted by Gasteiger charge is -2.34. The fourth-order valence-corrected chi connectivity index (χ4v) is 3.26. The van der Waals surface area contributed by atoms with Gasteiger partial charge in [-0.3, -0.25) is 4.79 Å². The SMILES string of the molecule is CCC1CCCN(C(=O)C2(C)CC2(Cl)Cl)C1. The summed E-state index contributed by atoms with van der Waals surface area (Å²) in [6, 6.07) is 0. The molecule has 1 saturated carbocycles. The van der Waals surface area contributed by atoms with Crippen LogP contribution < -0.4 is 0 Å². The number of carbonyl (C=O) groups is 1. The van der Waals surface area contributed by atoms with E-state index in [1.54, 1.807) is 0 Å². The van der Waals surface area contributed by atoms with E-state index in [1.165, 1.54) is 6.42 Å². The van der Waals surface area contributed by atoms with E-state index in [4.69, 9.17) is 23.2 Å². The molecule has 2 unspecified atom stereocenters. The minimum absolute atomic E-state index is 0.149. The fourth-order valence-electron chi connectivity index (χ4n) is 2.56. The molecule has 0 aromatic carbocycles. The van der Waals surface area contributed by atoms with Gasteiger partial charge in [0.25, 0.3) is 0 Å². The highest BCUT2D eigenvalue weighted by atomic mass is 35.5. The number of rotatable bonds is 2. The summed E-state index contributed by atoms with van der Waals surface area (Å²) in [4.78, 5) is 14.3. The molecule has 0 N–H and O–H groups in total. The second-order valence-electron chi connectivity index (χ2n) is 5.38. The Labute approximate surface area is 107 Å². The summed E-state index contributed by atoms with van der Waals surface area (Å²) in [7, 11) is 0. The summed E-state index contributed by atoms with van der Waals surface area (Å²) in [5.74, 6) is 0.802. The Balaban J connectivity index is 2.01. The second-order valence-corrected chi connectivity index (χ2v) is 6.86. The zero-order chi connectivity index (χ0) is 12.0. The molecule has 1 saturated heterocycles. The Morgan fingerprint density at radius 2 is 2.12 bits per heavy atom. The van der Waals surface area contributed by atoms with Crippen molar-refractivity contribution in [3.05, 3.63) is 0 Å². The Morgan fingerprint density at radius 1 is 1.50 bits per heavy atom. The normalized spacial score (nSPS) is 37.2. The molecule has 2 rings (SSSR count). The van der Waals surface area contributed by atoms with Crippen molar-refractivity contribution < 1.29 is 4.79 Å². The van der Waals surface area contributed by atoms with Crippen molar-refractivity contribution in [1.29, 1.82) is 0 Å². The van der Waals surface area contributed by atoms with E-state index in [9.17, 15) is 4.79 Å². The second kappa shape index (κ2) is 4.06. The first-order chi connectivity index (χ1) is 7.40. The number of nitrogens with zero attached hydrogens (tertiary/aromatic N) is 1. The standard InChI is InChI=1S/C12H19Cl2NO/c1-3-9-5-4-6-15(7-9)10(16)11(2)8-12(11,13)14/h9H,3-8H2,1-2H3. The summed E-state index contributed by atoms with van der Waals surface area (Å²) in [5, 5.41) is 0. The maximum atomic E-state index is 12.3. The molecular weight excluding hydrogens is 245 g/mol.